The van der Waals surface area contributed by atoms with E-state index in [0.29, 0.717) is 12.5 Å². The minimum Gasteiger partial charge on any atom is -0.350 e. The van der Waals surface area contributed by atoms with Crippen molar-refractivity contribution >= 4 is 5.91 Å². The first-order valence-electron chi connectivity index (χ1n) is 8.60. The molecule has 0 bridgehead atoms. The molecule has 4 heteroatoms. The number of nitrogens with one attached hydrogen (secondary N) is 1. The van der Waals surface area contributed by atoms with Crippen LogP contribution in [0.2, 0.25) is 0 Å². The highest BCUT2D eigenvalue weighted by molar-refractivity contribution is 5.78. The summed E-state index contributed by atoms with van der Waals surface area (Å²) in [6.45, 7) is 8.38. The number of piperidine rings is 1. The number of hydrogen-bond donors (Lipinski definition) is 1. The molecule has 1 heterocycles. The standard InChI is InChI=1S/C19H29FN2O/c1-19(2,3)21-18(23)14-22-12-6-7-15(13-22)10-11-16-8-4-5-9-17(16)20/h4-5,8-9,15H,6-7,10-14H2,1-3H3,(H,21,23)/t15-/m1/s1. The molecule has 1 aliphatic heterocycles. The molecule has 0 aromatic heterocycles. The monoisotopic (exact) mass is 320 g/mol. The van der Waals surface area contributed by atoms with Crippen LogP contribution in [-0.4, -0.2) is 36.0 Å². The number of nitrogens with zero attached hydrogens (tertiary/aromatic N) is 1. The lowest BCUT2D eigenvalue weighted by atomic mass is 9.91. The number of carbonyl (C=O) groups excluding carboxylic acids is 1. The Hall–Kier alpha value is -1.42. The Morgan fingerprint density at radius 2 is 2.09 bits per heavy atom. The summed E-state index contributed by atoms with van der Waals surface area (Å²) >= 11 is 0. The van der Waals surface area contributed by atoms with Gasteiger partial charge in [0.1, 0.15) is 5.82 Å². The Morgan fingerprint density at radius 1 is 1.35 bits per heavy atom. The van der Waals surface area contributed by atoms with Crippen LogP contribution < -0.4 is 5.32 Å². The number of carbonyl (C=O) groups is 1. The number of aryl methyl sites for hydroxylation is 1. The highest BCUT2D eigenvalue weighted by atomic mass is 19.1. The lowest BCUT2D eigenvalue weighted by Gasteiger charge is -2.33. The maximum atomic E-state index is 13.7. The molecule has 1 aromatic carbocycles. The molecule has 0 unspecified atom stereocenters. The third-order valence-corrected chi connectivity index (χ3v) is 4.26. The summed E-state index contributed by atoms with van der Waals surface area (Å²) < 4.78 is 13.7. The number of amides is 1. The molecule has 2 rings (SSSR count). The molecule has 0 aliphatic carbocycles. The van der Waals surface area contributed by atoms with Crippen molar-refractivity contribution in [3.8, 4) is 0 Å². The van der Waals surface area contributed by atoms with Crippen molar-refractivity contribution in [2.24, 2.45) is 5.92 Å². The highest BCUT2D eigenvalue weighted by Crippen LogP contribution is 2.22. The molecule has 1 saturated heterocycles. The first-order valence-corrected chi connectivity index (χ1v) is 8.60. The van der Waals surface area contributed by atoms with E-state index in [1.165, 1.54) is 12.5 Å². The second-order valence-corrected chi connectivity index (χ2v) is 7.67. The summed E-state index contributed by atoms with van der Waals surface area (Å²) in [5.41, 5.74) is 0.618. The average molecular weight is 320 g/mol. The van der Waals surface area contributed by atoms with Gasteiger partial charge in [0.2, 0.25) is 5.91 Å². The Labute approximate surface area is 139 Å². The fourth-order valence-electron chi connectivity index (χ4n) is 3.25. The summed E-state index contributed by atoms with van der Waals surface area (Å²) in [5, 5.41) is 3.02. The molecule has 1 aliphatic rings. The van der Waals surface area contributed by atoms with E-state index in [2.05, 4.69) is 10.2 Å². The normalized spacial score (nSPS) is 19.6. The molecule has 1 atom stereocenters. The third-order valence-electron chi connectivity index (χ3n) is 4.26. The minimum atomic E-state index is -0.183. The van der Waals surface area contributed by atoms with E-state index >= 15 is 0 Å². The van der Waals surface area contributed by atoms with Gasteiger partial charge in [-0.05, 0) is 70.5 Å². The van der Waals surface area contributed by atoms with Gasteiger partial charge >= 0.3 is 0 Å². The van der Waals surface area contributed by atoms with Crippen molar-refractivity contribution in [3.63, 3.8) is 0 Å². The van der Waals surface area contributed by atoms with E-state index in [0.717, 1.165) is 37.9 Å². The number of hydrogen-bond acceptors (Lipinski definition) is 2. The fraction of sp³-hybridized carbons (Fsp3) is 0.632. The molecule has 1 fully saturated rings. The van der Waals surface area contributed by atoms with Crippen LogP contribution in [0.15, 0.2) is 24.3 Å². The maximum absolute atomic E-state index is 13.7. The van der Waals surface area contributed by atoms with Gasteiger partial charge in [-0.3, -0.25) is 9.69 Å². The van der Waals surface area contributed by atoms with E-state index in [4.69, 9.17) is 0 Å². The van der Waals surface area contributed by atoms with Crippen LogP contribution in [-0.2, 0) is 11.2 Å². The van der Waals surface area contributed by atoms with Gasteiger partial charge in [0.05, 0.1) is 6.54 Å². The summed E-state index contributed by atoms with van der Waals surface area (Å²) in [7, 11) is 0. The third kappa shape index (κ3) is 6.30. The Morgan fingerprint density at radius 3 is 2.78 bits per heavy atom. The minimum absolute atomic E-state index is 0.0900. The number of benzene rings is 1. The number of likely N-dealkylation sites (tertiary alicyclic amines) is 1. The molecule has 128 valence electrons. The van der Waals surface area contributed by atoms with E-state index < -0.39 is 0 Å². The zero-order valence-corrected chi connectivity index (χ0v) is 14.6. The average Bonchev–Trinajstić information content (AvgIpc) is 2.45. The predicted molar refractivity (Wildman–Crippen MR) is 91.8 cm³/mol. The van der Waals surface area contributed by atoms with E-state index in [1.54, 1.807) is 6.07 Å². The van der Waals surface area contributed by atoms with E-state index in [1.807, 2.05) is 32.9 Å². The molecule has 1 amide bonds. The molecule has 0 radical (unpaired) electrons. The SMILES string of the molecule is CC(C)(C)NC(=O)CN1CCC[C@H](CCc2ccccc2F)C1. The lowest BCUT2D eigenvalue weighted by Crippen LogP contribution is -2.48. The van der Waals surface area contributed by atoms with Crippen molar-refractivity contribution in [2.45, 2.75) is 52.0 Å². The van der Waals surface area contributed by atoms with Crippen LogP contribution in [0, 0.1) is 11.7 Å². The van der Waals surface area contributed by atoms with Crippen LogP contribution >= 0.6 is 0 Å². The van der Waals surface area contributed by atoms with Crippen LogP contribution in [0.25, 0.3) is 0 Å². The molecular formula is C19H29FN2O. The first-order chi connectivity index (χ1) is 10.8. The fourth-order valence-corrected chi connectivity index (χ4v) is 3.25. The quantitative estimate of drug-likeness (QED) is 0.902. The second-order valence-electron chi connectivity index (χ2n) is 7.67. The van der Waals surface area contributed by atoms with Crippen molar-refractivity contribution < 1.29 is 9.18 Å². The largest absolute Gasteiger partial charge is 0.350 e. The van der Waals surface area contributed by atoms with Crippen LogP contribution in [0.3, 0.4) is 0 Å². The lowest BCUT2D eigenvalue weighted by molar-refractivity contribution is -0.124. The molecule has 1 N–H and O–H groups in total. The van der Waals surface area contributed by atoms with Gasteiger partial charge in [-0.15, -0.1) is 0 Å². The molecule has 1 aromatic rings. The summed E-state index contributed by atoms with van der Waals surface area (Å²) in [6.07, 6.45) is 4.05. The molecule has 23 heavy (non-hydrogen) atoms. The Bertz CT molecular complexity index is 524. The Balaban J connectivity index is 1.79. The van der Waals surface area contributed by atoms with Crippen LogP contribution in [0.5, 0.6) is 0 Å². The van der Waals surface area contributed by atoms with Crippen molar-refractivity contribution in [3.05, 3.63) is 35.6 Å². The van der Waals surface area contributed by atoms with Crippen LogP contribution in [0.1, 0.15) is 45.6 Å². The van der Waals surface area contributed by atoms with E-state index in [9.17, 15) is 9.18 Å². The molecule has 0 spiro atoms. The molecular weight excluding hydrogens is 291 g/mol. The second kappa shape index (κ2) is 7.91. The summed E-state index contributed by atoms with van der Waals surface area (Å²) in [6, 6.07) is 7.02. The Kier molecular flexibility index (Phi) is 6.17. The van der Waals surface area contributed by atoms with Gasteiger partial charge in [0.15, 0.2) is 0 Å². The zero-order valence-electron chi connectivity index (χ0n) is 14.6. The molecule has 0 saturated carbocycles. The van der Waals surface area contributed by atoms with Gasteiger partial charge in [0, 0.05) is 12.1 Å². The van der Waals surface area contributed by atoms with Gasteiger partial charge in [0.25, 0.3) is 0 Å². The van der Waals surface area contributed by atoms with E-state index in [-0.39, 0.29) is 17.3 Å². The maximum Gasteiger partial charge on any atom is 0.234 e. The zero-order chi connectivity index (χ0) is 16.9. The van der Waals surface area contributed by atoms with Gasteiger partial charge in [-0.1, -0.05) is 18.2 Å². The van der Waals surface area contributed by atoms with Crippen LogP contribution in [0.4, 0.5) is 4.39 Å². The number of rotatable bonds is 5. The van der Waals surface area contributed by atoms with Gasteiger partial charge < -0.3 is 5.32 Å². The molecule has 3 nitrogen and oxygen atoms in total. The van der Waals surface area contributed by atoms with Crippen molar-refractivity contribution in [1.29, 1.82) is 0 Å². The smallest absolute Gasteiger partial charge is 0.234 e. The predicted octanol–water partition coefficient (Wildman–Crippen LogP) is 3.39. The van der Waals surface area contributed by atoms with Crippen molar-refractivity contribution in [2.75, 3.05) is 19.6 Å². The topological polar surface area (TPSA) is 32.3 Å². The number of halogens is 1. The van der Waals surface area contributed by atoms with Crippen molar-refractivity contribution in [1.82, 2.24) is 10.2 Å². The highest BCUT2D eigenvalue weighted by Gasteiger charge is 2.23. The summed E-state index contributed by atoms with van der Waals surface area (Å²) in [4.78, 5) is 14.3. The van der Waals surface area contributed by atoms with Gasteiger partial charge in [-0.25, -0.2) is 4.39 Å². The van der Waals surface area contributed by atoms with Gasteiger partial charge in [-0.2, -0.15) is 0 Å². The summed E-state index contributed by atoms with van der Waals surface area (Å²) in [5.74, 6) is 0.530. The first kappa shape index (κ1) is 17.9.